The Balaban J connectivity index is 2.41. The molecule has 11 heavy (non-hydrogen) atoms. The van der Waals surface area contributed by atoms with Crippen molar-refractivity contribution in [3.05, 3.63) is 23.7 Å². The standard InChI is InChI=1S/C9H9NO/c10-6-7-2-1-3-9-8(7)4-5-11-9/h4-5,7H,1-3H2. The van der Waals surface area contributed by atoms with Crippen molar-refractivity contribution >= 4 is 0 Å². The van der Waals surface area contributed by atoms with E-state index in [0.717, 1.165) is 30.6 Å². The third kappa shape index (κ3) is 0.932. The van der Waals surface area contributed by atoms with E-state index in [0.29, 0.717) is 0 Å². The monoisotopic (exact) mass is 147 g/mol. The van der Waals surface area contributed by atoms with Gasteiger partial charge in [0.1, 0.15) is 5.76 Å². The minimum absolute atomic E-state index is 0.0810. The van der Waals surface area contributed by atoms with Crippen molar-refractivity contribution in [2.24, 2.45) is 0 Å². The Morgan fingerprint density at radius 3 is 3.36 bits per heavy atom. The molecule has 56 valence electrons. The van der Waals surface area contributed by atoms with Gasteiger partial charge in [-0.05, 0) is 18.9 Å². The summed E-state index contributed by atoms with van der Waals surface area (Å²) in [6.45, 7) is 0. The van der Waals surface area contributed by atoms with Crippen molar-refractivity contribution in [2.45, 2.75) is 25.2 Å². The first-order valence-electron chi connectivity index (χ1n) is 3.87. The molecule has 1 aliphatic carbocycles. The van der Waals surface area contributed by atoms with Crippen molar-refractivity contribution in [1.29, 1.82) is 5.26 Å². The molecule has 1 aliphatic rings. The van der Waals surface area contributed by atoms with Gasteiger partial charge >= 0.3 is 0 Å². The van der Waals surface area contributed by atoms with Gasteiger partial charge in [0.05, 0.1) is 18.3 Å². The van der Waals surface area contributed by atoms with E-state index >= 15 is 0 Å². The van der Waals surface area contributed by atoms with Gasteiger partial charge in [0, 0.05) is 12.0 Å². The summed E-state index contributed by atoms with van der Waals surface area (Å²) in [6.07, 6.45) is 4.75. The number of nitrogens with zero attached hydrogens (tertiary/aromatic N) is 1. The molecule has 2 rings (SSSR count). The normalized spacial score (nSPS) is 22.3. The summed E-state index contributed by atoms with van der Waals surface area (Å²) >= 11 is 0. The molecule has 1 aromatic heterocycles. The molecule has 0 amide bonds. The smallest absolute Gasteiger partial charge is 0.108 e. The van der Waals surface area contributed by atoms with Crippen LogP contribution in [0.5, 0.6) is 0 Å². The second-order valence-electron chi connectivity index (χ2n) is 2.87. The number of nitriles is 1. The van der Waals surface area contributed by atoms with Crippen molar-refractivity contribution in [1.82, 2.24) is 0 Å². The van der Waals surface area contributed by atoms with Gasteiger partial charge in [-0.1, -0.05) is 0 Å². The summed E-state index contributed by atoms with van der Waals surface area (Å²) in [5.74, 6) is 1.10. The molecule has 0 saturated carbocycles. The average Bonchev–Trinajstić information content (AvgIpc) is 2.50. The minimum Gasteiger partial charge on any atom is -0.469 e. The summed E-state index contributed by atoms with van der Waals surface area (Å²) < 4.78 is 5.24. The number of rotatable bonds is 0. The summed E-state index contributed by atoms with van der Waals surface area (Å²) in [4.78, 5) is 0. The van der Waals surface area contributed by atoms with Crippen LogP contribution < -0.4 is 0 Å². The van der Waals surface area contributed by atoms with Crippen LogP contribution >= 0.6 is 0 Å². The summed E-state index contributed by atoms with van der Waals surface area (Å²) in [5, 5.41) is 8.76. The highest BCUT2D eigenvalue weighted by Gasteiger charge is 2.21. The lowest BCUT2D eigenvalue weighted by atomic mass is 9.89. The highest BCUT2D eigenvalue weighted by molar-refractivity contribution is 5.29. The van der Waals surface area contributed by atoms with Gasteiger partial charge in [0.2, 0.25) is 0 Å². The van der Waals surface area contributed by atoms with Gasteiger partial charge in [-0.3, -0.25) is 0 Å². The van der Waals surface area contributed by atoms with Crippen LogP contribution in [0.1, 0.15) is 30.1 Å². The van der Waals surface area contributed by atoms with Gasteiger partial charge < -0.3 is 4.42 Å². The number of furan rings is 1. The zero-order valence-corrected chi connectivity index (χ0v) is 6.21. The fraction of sp³-hybridized carbons (Fsp3) is 0.444. The first-order chi connectivity index (χ1) is 5.42. The molecular formula is C9H9NO. The third-order valence-corrected chi connectivity index (χ3v) is 2.21. The summed E-state index contributed by atoms with van der Waals surface area (Å²) in [5.41, 5.74) is 1.11. The highest BCUT2D eigenvalue weighted by Crippen LogP contribution is 2.31. The molecule has 0 fully saturated rings. The Hall–Kier alpha value is -1.23. The van der Waals surface area contributed by atoms with Gasteiger partial charge in [-0.25, -0.2) is 0 Å². The molecular weight excluding hydrogens is 138 g/mol. The maximum atomic E-state index is 8.76. The summed E-state index contributed by atoms with van der Waals surface area (Å²) in [6, 6.07) is 4.21. The van der Waals surface area contributed by atoms with Crippen LogP contribution in [-0.4, -0.2) is 0 Å². The first-order valence-corrected chi connectivity index (χ1v) is 3.87. The molecule has 2 nitrogen and oxygen atoms in total. The second kappa shape index (κ2) is 2.43. The maximum absolute atomic E-state index is 8.76. The molecule has 1 unspecified atom stereocenters. The van der Waals surface area contributed by atoms with E-state index in [1.54, 1.807) is 6.26 Å². The van der Waals surface area contributed by atoms with E-state index in [4.69, 9.17) is 9.68 Å². The number of hydrogen-bond donors (Lipinski definition) is 0. The lowest BCUT2D eigenvalue weighted by Gasteiger charge is -2.13. The van der Waals surface area contributed by atoms with E-state index in [1.807, 2.05) is 6.07 Å². The Morgan fingerprint density at radius 2 is 2.55 bits per heavy atom. The van der Waals surface area contributed by atoms with Crippen molar-refractivity contribution in [3.63, 3.8) is 0 Å². The van der Waals surface area contributed by atoms with Crippen LogP contribution in [0.25, 0.3) is 0 Å². The van der Waals surface area contributed by atoms with E-state index < -0.39 is 0 Å². The van der Waals surface area contributed by atoms with Crippen molar-refractivity contribution in [2.75, 3.05) is 0 Å². The molecule has 1 atom stereocenters. The molecule has 0 aromatic carbocycles. The fourth-order valence-corrected chi connectivity index (χ4v) is 1.62. The molecule has 0 radical (unpaired) electrons. The lowest BCUT2D eigenvalue weighted by molar-refractivity contribution is 0.469. The SMILES string of the molecule is N#CC1CCCc2occc21. The van der Waals surface area contributed by atoms with Crippen LogP contribution in [0, 0.1) is 11.3 Å². The van der Waals surface area contributed by atoms with Crippen molar-refractivity contribution < 1.29 is 4.42 Å². The Kier molecular flexibility index (Phi) is 1.43. The number of fused-ring (bicyclic) bond motifs is 1. The van der Waals surface area contributed by atoms with Crippen LogP contribution in [-0.2, 0) is 6.42 Å². The van der Waals surface area contributed by atoms with Gasteiger partial charge in [0.15, 0.2) is 0 Å². The van der Waals surface area contributed by atoms with Crippen LogP contribution in [0.4, 0.5) is 0 Å². The molecule has 0 N–H and O–H groups in total. The highest BCUT2D eigenvalue weighted by atomic mass is 16.3. The quantitative estimate of drug-likeness (QED) is 0.564. The van der Waals surface area contributed by atoms with Gasteiger partial charge in [-0.15, -0.1) is 0 Å². The lowest BCUT2D eigenvalue weighted by Crippen LogP contribution is -2.04. The molecule has 1 heterocycles. The Bertz CT molecular complexity index is 295. The van der Waals surface area contributed by atoms with E-state index in [-0.39, 0.29) is 5.92 Å². The van der Waals surface area contributed by atoms with Gasteiger partial charge in [0.25, 0.3) is 0 Å². The third-order valence-electron chi connectivity index (χ3n) is 2.21. The fourth-order valence-electron chi connectivity index (χ4n) is 1.62. The molecule has 0 aliphatic heterocycles. The predicted molar refractivity (Wildman–Crippen MR) is 40.0 cm³/mol. The van der Waals surface area contributed by atoms with Crippen LogP contribution in [0.15, 0.2) is 16.7 Å². The molecule has 2 heteroatoms. The van der Waals surface area contributed by atoms with E-state index in [1.165, 1.54) is 0 Å². The molecule has 1 aromatic rings. The average molecular weight is 147 g/mol. The van der Waals surface area contributed by atoms with Crippen LogP contribution in [0.2, 0.25) is 0 Å². The topological polar surface area (TPSA) is 36.9 Å². The van der Waals surface area contributed by atoms with Gasteiger partial charge in [-0.2, -0.15) is 5.26 Å². The Morgan fingerprint density at radius 1 is 1.64 bits per heavy atom. The first kappa shape index (κ1) is 6.48. The zero-order chi connectivity index (χ0) is 7.68. The summed E-state index contributed by atoms with van der Waals surface area (Å²) in [7, 11) is 0. The van der Waals surface area contributed by atoms with E-state index in [9.17, 15) is 0 Å². The molecule has 0 spiro atoms. The number of aryl methyl sites for hydroxylation is 1. The van der Waals surface area contributed by atoms with E-state index in [2.05, 4.69) is 6.07 Å². The minimum atomic E-state index is 0.0810. The predicted octanol–water partition coefficient (Wildman–Crippen LogP) is 2.22. The molecule has 0 saturated heterocycles. The maximum Gasteiger partial charge on any atom is 0.108 e. The number of hydrogen-bond acceptors (Lipinski definition) is 2. The van der Waals surface area contributed by atoms with Crippen molar-refractivity contribution in [3.8, 4) is 6.07 Å². The second-order valence-corrected chi connectivity index (χ2v) is 2.87. The van der Waals surface area contributed by atoms with Crippen LogP contribution in [0.3, 0.4) is 0 Å². The largest absolute Gasteiger partial charge is 0.469 e. The Labute approximate surface area is 65.4 Å². The molecule has 0 bridgehead atoms. The zero-order valence-electron chi connectivity index (χ0n) is 6.21.